The molecule has 1 aliphatic rings. The van der Waals surface area contributed by atoms with Crippen LogP contribution in [0.15, 0.2) is 18.3 Å². The zero-order valence-corrected chi connectivity index (χ0v) is 15.2. The average Bonchev–Trinajstić information content (AvgIpc) is 2.52. The lowest BCUT2D eigenvalue weighted by Gasteiger charge is -2.30. The number of nitrogens with zero attached hydrogens (tertiary/aromatic N) is 2. The number of piperidine rings is 1. The van der Waals surface area contributed by atoms with Crippen LogP contribution in [0.4, 0.5) is 0 Å². The third-order valence-electron chi connectivity index (χ3n) is 3.87. The second-order valence-electron chi connectivity index (χ2n) is 6.31. The number of ether oxygens (including phenoxy) is 1. The van der Waals surface area contributed by atoms with Crippen molar-refractivity contribution in [2.45, 2.75) is 39.3 Å². The summed E-state index contributed by atoms with van der Waals surface area (Å²) in [5.74, 6) is 0.0523. The molecule has 0 bridgehead atoms. The van der Waals surface area contributed by atoms with Crippen LogP contribution in [0.25, 0.3) is 0 Å². The minimum absolute atomic E-state index is 0.00369. The predicted octanol–water partition coefficient (Wildman–Crippen LogP) is 1.16. The summed E-state index contributed by atoms with van der Waals surface area (Å²) in [7, 11) is -3.26. The van der Waals surface area contributed by atoms with Crippen LogP contribution in [0.1, 0.15) is 32.3 Å². The minimum atomic E-state index is -3.26. The third-order valence-corrected chi connectivity index (χ3v) is 5.14. The standard InChI is InChI=1S/C16H25N3O4S/c1-12(2)23-16-13(6-4-8-17-16)10-18-15(20)14-7-5-9-19(11-14)24(3,21)22/h4,6,8,12,14H,5,7,9-11H2,1-3H3,(H,18,20). The minimum Gasteiger partial charge on any atom is -0.475 e. The highest BCUT2D eigenvalue weighted by molar-refractivity contribution is 7.88. The molecule has 1 aliphatic heterocycles. The van der Waals surface area contributed by atoms with Gasteiger partial charge in [0.15, 0.2) is 0 Å². The normalized spacial score (nSPS) is 19.2. The molecule has 2 heterocycles. The van der Waals surface area contributed by atoms with Gasteiger partial charge in [0, 0.05) is 31.4 Å². The van der Waals surface area contributed by atoms with Crippen LogP contribution in [0.5, 0.6) is 5.88 Å². The summed E-state index contributed by atoms with van der Waals surface area (Å²) in [6.45, 7) is 4.87. The van der Waals surface area contributed by atoms with Crippen molar-refractivity contribution in [2.75, 3.05) is 19.3 Å². The van der Waals surface area contributed by atoms with E-state index in [1.165, 1.54) is 10.6 Å². The Balaban J connectivity index is 1.96. The topological polar surface area (TPSA) is 88.6 Å². The van der Waals surface area contributed by atoms with E-state index in [1.54, 1.807) is 12.3 Å². The molecular weight excluding hydrogens is 330 g/mol. The number of amides is 1. The molecule has 1 fully saturated rings. The molecule has 0 saturated carbocycles. The molecule has 0 aliphatic carbocycles. The van der Waals surface area contributed by atoms with Gasteiger partial charge in [0.2, 0.25) is 21.8 Å². The van der Waals surface area contributed by atoms with Crippen molar-refractivity contribution in [3.63, 3.8) is 0 Å². The lowest BCUT2D eigenvalue weighted by molar-refractivity contribution is -0.126. The first-order valence-corrected chi connectivity index (χ1v) is 9.95. The van der Waals surface area contributed by atoms with E-state index in [0.29, 0.717) is 31.8 Å². The number of nitrogens with one attached hydrogen (secondary N) is 1. The van der Waals surface area contributed by atoms with E-state index in [4.69, 9.17) is 4.74 Å². The fourth-order valence-electron chi connectivity index (χ4n) is 2.67. The Labute approximate surface area is 143 Å². The Morgan fingerprint density at radius 3 is 2.92 bits per heavy atom. The molecule has 0 spiro atoms. The quantitative estimate of drug-likeness (QED) is 0.827. The van der Waals surface area contributed by atoms with Crippen LogP contribution in [0, 0.1) is 5.92 Å². The molecule has 8 heteroatoms. The Hall–Kier alpha value is -1.67. The van der Waals surface area contributed by atoms with Crippen LogP contribution in [0.3, 0.4) is 0 Å². The molecule has 1 aromatic rings. The van der Waals surface area contributed by atoms with E-state index in [2.05, 4.69) is 10.3 Å². The van der Waals surface area contributed by atoms with Gasteiger partial charge in [0.05, 0.1) is 18.3 Å². The Bertz CT molecular complexity index is 676. The zero-order chi connectivity index (χ0) is 17.7. The molecule has 1 amide bonds. The van der Waals surface area contributed by atoms with Crippen molar-refractivity contribution in [3.8, 4) is 5.88 Å². The van der Waals surface area contributed by atoms with Gasteiger partial charge in [0.1, 0.15) is 0 Å². The Morgan fingerprint density at radius 1 is 1.50 bits per heavy atom. The number of carbonyl (C=O) groups is 1. The molecule has 1 unspecified atom stereocenters. The van der Waals surface area contributed by atoms with Crippen LogP contribution in [0.2, 0.25) is 0 Å². The molecule has 134 valence electrons. The summed E-state index contributed by atoms with van der Waals surface area (Å²) in [5.41, 5.74) is 0.801. The smallest absolute Gasteiger partial charge is 0.224 e. The molecule has 0 aromatic carbocycles. The summed E-state index contributed by atoms with van der Waals surface area (Å²) in [5, 5.41) is 2.87. The number of rotatable bonds is 6. The van der Waals surface area contributed by atoms with Gasteiger partial charge in [-0.1, -0.05) is 6.07 Å². The summed E-state index contributed by atoms with van der Waals surface area (Å²) >= 11 is 0. The highest BCUT2D eigenvalue weighted by atomic mass is 32.2. The second kappa shape index (κ2) is 7.94. The summed E-state index contributed by atoms with van der Waals surface area (Å²) in [6, 6.07) is 3.65. The lowest BCUT2D eigenvalue weighted by Crippen LogP contribution is -2.44. The SMILES string of the molecule is CC(C)Oc1ncccc1CNC(=O)C1CCCN(S(C)(=O)=O)C1. The molecule has 1 N–H and O–H groups in total. The van der Waals surface area contributed by atoms with Crippen molar-refractivity contribution in [1.82, 2.24) is 14.6 Å². The van der Waals surface area contributed by atoms with Crippen molar-refractivity contribution >= 4 is 15.9 Å². The lowest BCUT2D eigenvalue weighted by atomic mass is 9.99. The fraction of sp³-hybridized carbons (Fsp3) is 0.625. The van der Waals surface area contributed by atoms with Crippen molar-refractivity contribution in [1.29, 1.82) is 0 Å². The zero-order valence-electron chi connectivity index (χ0n) is 14.4. The van der Waals surface area contributed by atoms with Gasteiger partial charge in [-0.3, -0.25) is 4.79 Å². The van der Waals surface area contributed by atoms with Gasteiger partial charge >= 0.3 is 0 Å². The molecule has 7 nitrogen and oxygen atoms in total. The highest BCUT2D eigenvalue weighted by Crippen LogP contribution is 2.20. The summed E-state index contributed by atoms with van der Waals surface area (Å²) < 4.78 is 30.3. The number of sulfonamides is 1. The number of hydrogen-bond acceptors (Lipinski definition) is 5. The molecular formula is C16H25N3O4S. The van der Waals surface area contributed by atoms with Crippen molar-refractivity contribution in [2.24, 2.45) is 5.92 Å². The average molecular weight is 355 g/mol. The summed E-state index contributed by atoms with van der Waals surface area (Å²) in [6.07, 6.45) is 4.21. The molecule has 2 rings (SSSR count). The largest absolute Gasteiger partial charge is 0.475 e. The third kappa shape index (κ3) is 5.17. The monoisotopic (exact) mass is 355 g/mol. The van der Waals surface area contributed by atoms with Crippen LogP contribution in [-0.4, -0.2) is 49.1 Å². The number of pyridine rings is 1. The van der Waals surface area contributed by atoms with Gasteiger partial charge in [-0.15, -0.1) is 0 Å². The Morgan fingerprint density at radius 2 is 2.25 bits per heavy atom. The van der Waals surface area contributed by atoms with E-state index in [9.17, 15) is 13.2 Å². The van der Waals surface area contributed by atoms with Gasteiger partial charge in [0.25, 0.3) is 0 Å². The summed E-state index contributed by atoms with van der Waals surface area (Å²) in [4.78, 5) is 16.6. The number of aromatic nitrogens is 1. The first-order valence-electron chi connectivity index (χ1n) is 8.10. The van der Waals surface area contributed by atoms with Gasteiger partial charge < -0.3 is 10.1 Å². The van der Waals surface area contributed by atoms with E-state index in [0.717, 1.165) is 5.56 Å². The molecule has 24 heavy (non-hydrogen) atoms. The first kappa shape index (κ1) is 18.7. The number of hydrogen-bond donors (Lipinski definition) is 1. The van der Waals surface area contributed by atoms with E-state index >= 15 is 0 Å². The molecule has 1 atom stereocenters. The van der Waals surface area contributed by atoms with E-state index in [1.807, 2.05) is 19.9 Å². The Kier molecular flexibility index (Phi) is 6.17. The maximum atomic E-state index is 12.4. The first-order chi connectivity index (χ1) is 11.3. The number of carbonyl (C=O) groups excluding carboxylic acids is 1. The van der Waals surface area contributed by atoms with Crippen molar-refractivity contribution < 1.29 is 17.9 Å². The fourth-order valence-corrected chi connectivity index (χ4v) is 3.58. The van der Waals surface area contributed by atoms with Gasteiger partial charge in [-0.25, -0.2) is 17.7 Å². The second-order valence-corrected chi connectivity index (χ2v) is 8.29. The van der Waals surface area contributed by atoms with E-state index < -0.39 is 10.0 Å². The van der Waals surface area contributed by atoms with Crippen LogP contribution >= 0.6 is 0 Å². The molecule has 1 aromatic heterocycles. The highest BCUT2D eigenvalue weighted by Gasteiger charge is 2.30. The van der Waals surface area contributed by atoms with Gasteiger partial charge in [-0.2, -0.15) is 0 Å². The maximum Gasteiger partial charge on any atom is 0.224 e. The van der Waals surface area contributed by atoms with Crippen LogP contribution < -0.4 is 10.1 Å². The predicted molar refractivity (Wildman–Crippen MR) is 91.0 cm³/mol. The van der Waals surface area contributed by atoms with Gasteiger partial charge in [-0.05, 0) is 32.8 Å². The maximum absolute atomic E-state index is 12.4. The molecule has 1 saturated heterocycles. The van der Waals surface area contributed by atoms with Crippen LogP contribution in [-0.2, 0) is 21.4 Å². The van der Waals surface area contributed by atoms with Crippen molar-refractivity contribution in [3.05, 3.63) is 23.9 Å². The molecule has 0 radical (unpaired) electrons. The van der Waals surface area contributed by atoms with E-state index in [-0.39, 0.29) is 24.5 Å².